The summed E-state index contributed by atoms with van der Waals surface area (Å²) in [6, 6.07) is 3.91. The van der Waals surface area contributed by atoms with Gasteiger partial charge in [-0.15, -0.1) is 0 Å². The van der Waals surface area contributed by atoms with Crippen LogP contribution in [0.5, 0.6) is 5.75 Å². The summed E-state index contributed by atoms with van der Waals surface area (Å²) in [7, 11) is 0. The second kappa shape index (κ2) is 4.28. The molecule has 1 atom stereocenters. The molecule has 2 rings (SSSR count). The van der Waals surface area contributed by atoms with Gasteiger partial charge in [-0.25, -0.2) is 0 Å². The summed E-state index contributed by atoms with van der Waals surface area (Å²) in [5, 5.41) is 10.5. The minimum atomic E-state index is -0.555. The van der Waals surface area contributed by atoms with Gasteiger partial charge in [-0.05, 0) is 6.07 Å². The van der Waals surface area contributed by atoms with Gasteiger partial charge in [0.05, 0.1) is 17.1 Å². The average Bonchev–Trinajstić information content (AvgIpc) is 3.09. The second-order valence-corrected chi connectivity index (χ2v) is 3.36. The molecule has 1 heterocycles. The lowest BCUT2D eigenvalue weighted by atomic mass is 10.2. The normalized spacial score (nSPS) is 17.9. The Morgan fingerprint density at radius 2 is 2.38 bits per heavy atom. The van der Waals surface area contributed by atoms with E-state index in [9.17, 15) is 14.9 Å². The van der Waals surface area contributed by atoms with Crippen LogP contribution in [0, 0.1) is 10.1 Å². The van der Waals surface area contributed by atoms with Crippen LogP contribution < -0.4 is 4.74 Å². The molecule has 1 aromatic carbocycles. The molecule has 0 N–H and O–H groups in total. The van der Waals surface area contributed by atoms with E-state index in [1.807, 2.05) is 0 Å². The number of carbonyl (C=O) groups excluding carboxylic acids is 1. The molecule has 0 radical (unpaired) electrons. The highest BCUT2D eigenvalue weighted by Crippen LogP contribution is 2.23. The third-order valence-electron chi connectivity index (χ3n) is 2.16. The van der Waals surface area contributed by atoms with Crippen molar-refractivity contribution < 1.29 is 19.2 Å². The number of epoxide rings is 1. The van der Waals surface area contributed by atoms with Crippen LogP contribution in [0.1, 0.15) is 10.4 Å². The van der Waals surface area contributed by atoms with E-state index in [1.165, 1.54) is 18.2 Å². The van der Waals surface area contributed by atoms with E-state index in [2.05, 4.69) is 0 Å². The van der Waals surface area contributed by atoms with Gasteiger partial charge in [0.1, 0.15) is 18.5 Å². The number of carbonyl (C=O) groups is 1. The van der Waals surface area contributed by atoms with E-state index in [1.54, 1.807) is 0 Å². The predicted octanol–water partition coefficient (Wildman–Crippen LogP) is 1.18. The van der Waals surface area contributed by atoms with Gasteiger partial charge in [-0.2, -0.15) is 0 Å². The van der Waals surface area contributed by atoms with Crippen LogP contribution in [-0.2, 0) is 4.74 Å². The molecule has 1 fully saturated rings. The number of aldehydes is 1. The van der Waals surface area contributed by atoms with Crippen molar-refractivity contribution in [3.8, 4) is 5.75 Å². The molecule has 0 amide bonds. The molecule has 0 aliphatic carbocycles. The van der Waals surface area contributed by atoms with E-state index < -0.39 is 4.92 Å². The molecule has 84 valence electrons. The van der Waals surface area contributed by atoms with Crippen LogP contribution in [0.3, 0.4) is 0 Å². The van der Waals surface area contributed by atoms with Crippen LogP contribution in [0.2, 0.25) is 0 Å². The zero-order chi connectivity index (χ0) is 11.5. The number of hydrogen-bond acceptors (Lipinski definition) is 5. The first-order valence-corrected chi connectivity index (χ1v) is 4.68. The van der Waals surface area contributed by atoms with Gasteiger partial charge < -0.3 is 9.47 Å². The predicted molar refractivity (Wildman–Crippen MR) is 53.7 cm³/mol. The van der Waals surface area contributed by atoms with Crippen LogP contribution >= 0.6 is 0 Å². The number of nitro groups is 1. The Labute approximate surface area is 90.9 Å². The minimum Gasteiger partial charge on any atom is -0.490 e. The number of hydrogen-bond donors (Lipinski definition) is 0. The summed E-state index contributed by atoms with van der Waals surface area (Å²) >= 11 is 0. The fourth-order valence-corrected chi connectivity index (χ4v) is 1.22. The smallest absolute Gasteiger partial charge is 0.270 e. The molecule has 1 aromatic rings. The fraction of sp³-hybridized carbons (Fsp3) is 0.300. The molecule has 16 heavy (non-hydrogen) atoms. The van der Waals surface area contributed by atoms with Crippen LogP contribution in [0.25, 0.3) is 0 Å². The maximum Gasteiger partial charge on any atom is 0.270 e. The number of rotatable bonds is 5. The molecule has 1 aliphatic heterocycles. The minimum absolute atomic E-state index is 0.0784. The highest BCUT2D eigenvalue weighted by atomic mass is 16.6. The third-order valence-corrected chi connectivity index (χ3v) is 2.16. The summed E-state index contributed by atoms with van der Waals surface area (Å²) < 4.78 is 10.3. The van der Waals surface area contributed by atoms with Crippen molar-refractivity contribution in [1.82, 2.24) is 0 Å². The molecule has 1 saturated heterocycles. The lowest BCUT2D eigenvalue weighted by Gasteiger charge is -2.06. The Hall–Kier alpha value is -1.95. The summed E-state index contributed by atoms with van der Waals surface area (Å²) in [5.74, 6) is 0.344. The van der Waals surface area contributed by atoms with Crippen LogP contribution in [0.4, 0.5) is 5.69 Å². The molecule has 0 aromatic heterocycles. The van der Waals surface area contributed by atoms with Crippen LogP contribution in [0.15, 0.2) is 18.2 Å². The van der Waals surface area contributed by atoms with Crippen molar-refractivity contribution in [2.45, 2.75) is 6.10 Å². The van der Waals surface area contributed by atoms with Gasteiger partial charge in [-0.1, -0.05) is 0 Å². The number of benzene rings is 1. The summed E-state index contributed by atoms with van der Waals surface area (Å²) in [5.41, 5.74) is 0.0481. The van der Waals surface area contributed by atoms with Crippen molar-refractivity contribution in [3.63, 3.8) is 0 Å². The monoisotopic (exact) mass is 223 g/mol. The Morgan fingerprint density at radius 1 is 1.62 bits per heavy atom. The van der Waals surface area contributed by atoms with Crippen LogP contribution in [-0.4, -0.2) is 30.5 Å². The van der Waals surface area contributed by atoms with Gasteiger partial charge in [0.25, 0.3) is 5.69 Å². The van der Waals surface area contributed by atoms with E-state index in [0.29, 0.717) is 25.2 Å². The topological polar surface area (TPSA) is 82.0 Å². The molecular formula is C10H9NO5. The molecule has 1 unspecified atom stereocenters. The molecule has 0 saturated carbocycles. The standard InChI is InChI=1S/C10H9NO5/c12-4-7-3-8(11(13)14)1-2-10(7)16-6-9-5-15-9/h1-4,9H,5-6H2. The maximum absolute atomic E-state index is 10.7. The Morgan fingerprint density at radius 3 is 2.94 bits per heavy atom. The van der Waals surface area contributed by atoms with Crippen molar-refractivity contribution in [2.24, 2.45) is 0 Å². The van der Waals surface area contributed by atoms with E-state index in [0.717, 1.165) is 0 Å². The van der Waals surface area contributed by atoms with Gasteiger partial charge in [0.15, 0.2) is 6.29 Å². The van der Waals surface area contributed by atoms with Crippen molar-refractivity contribution in [3.05, 3.63) is 33.9 Å². The van der Waals surface area contributed by atoms with Crippen molar-refractivity contribution in [1.29, 1.82) is 0 Å². The first kappa shape index (κ1) is 10.6. The molecule has 6 nitrogen and oxygen atoms in total. The summed E-state index contributed by atoms with van der Waals surface area (Å²) in [4.78, 5) is 20.7. The first-order valence-electron chi connectivity index (χ1n) is 4.68. The quantitative estimate of drug-likeness (QED) is 0.324. The van der Waals surface area contributed by atoms with Crippen molar-refractivity contribution >= 4 is 12.0 Å². The maximum atomic E-state index is 10.7. The van der Waals surface area contributed by atoms with E-state index in [4.69, 9.17) is 9.47 Å². The molecule has 6 heteroatoms. The Balaban J connectivity index is 2.16. The lowest BCUT2D eigenvalue weighted by Crippen LogP contribution is -2.06. The fourth-order valence-electron chi connectivity index (χ4n) is 1.22. The highest BCUT2D eigenvalue weighted by Gasteiger charge is 2.23. The van der Waals surface area contributed by atoms with Gasteiger partial charge in [-0.3, -0.25) is 14.9 Å². The average molecular weight is 223 g/mol. The Bertz CT molecular complexity index is 427. The molecular weight excluding hydrogens is 214 g/mol. The third kappa shape index (κ3) is 2.34. The largest absolute Gasteiger partial charge is 0.490 e. The first-order chi connectivity index (χ1) is 7.70. The second-order valence-electron chi connectivity index (χ2n) is 3.36. The SMILES string of the molecule is O=Cc1cc([N+](=O)[O-])ccc1OCC1CO1. The van der Waals surface area contributed by atoms with E-state index in [-0.39, 0.29) is 17.4 Å². The molecule has 1 aliphatic rings. The van der Waals surface area contributed by atoms with Gasteiger partial charge in [0.2, 0.25) is 0 Å². The van der Waals surface area contributed by atoms with Gasteiger partial charge >= 0.3 is 0 Å². The number of nitrogens with zero attached hydrogens (tertiary/aromatic N) is 1. The number of nitro benzene ring substituents is 1. The lowest BCUT2D eigenvalue weighted by molar-refractivity contribution is -0.384. The zero-order valence-corrected chi connectivity index (χ0v) is 8.29. The number of non-ortho nitro benzene ring substituents is 1. The van der Waals surface area contributed by atoms with Crippen molar-refractivity contribution in [2.75, 3.05) is 13.2 Å². The highest BCUT2D eigenvalue weighted by molar-refractivity contribution is 5.80. The van der Waals surface area contributed by atoms with Gasteiger partial charge in [0, 0.05) is 12.1 Å². The Kier molecular flexibility index (Phi) is 2.82. The summed E-state index contributed by atoms with van der Waals surface area (Å²) in [6.45, 7) is 1.02. The molecule has 0 spiro atoms. The van der Waals surface area contributed by atoms with E-state index >= 15 is 0 Å². The summed E-state index contributed by atoms with van der Waals surface area (Å²) in [6.07, 6.45) is 0.616. The number of ether oxygens (including phenoxy) is 2. The zero-order valence-electron chi connectivity index (χ0n) is 8.29. The molecule has 0 bridgehead atoms.